The number of hydrogen-bond donors (Lipinski definition) is 2. The van der Waals surface area contributed by atoms with Gasteiger partial charge in [0.25, 0.3) is 0 Å². The highest BCUT2D eigenvalue weighted by molar-refractivity contribution is 5.66. The monoisotopic (exact) mass is 293 g/mol. The second kappa shape index (κ2) is 6.80. The summed E-state index contributed by atoms with van der Waals surface area (Å²) in [5.74, 6) is 0.926. The number of fused-ring (bicyclic) bond motifs is 1. The van der Waals surface area contributed by atoms with Gasteiger partial charge in [0.1, 0.15) is 0 Å². The minimum atomic E-state index is -0.828. The van der Waals surface area contributed by atoms with E-state index in [1.165, 1.54) is 0 Å². The van der Waals surface area contributed by atoms with Gasteiger partial charge < -0.3 is 20.3 Å². The van der Waals surface area contributed by atoms with E-state index in [1.54, 1.807) is 0 Å². The molecule has 0 fully saturated rings. The topological polar surface area (TPSA) is 81.8 Å². The molecule has 1 aliphatic rings. The van der Waals surface area contributed by atoms with Crippen LogP contribution in [-0.4, -0.2) is 24.3 Å². The molecule has 5 heteroatoms. The number of rotatable bonds is 5. The average Bonchev–Trinajstić information content (AvgIpc) is 2.68. The van der Waals surface area contributed by atoms with Crippen LogP contribution in [0.25, 0.3) is 0 Å². The first-order valence-electron chi connectivity index (χ1n) is 7.40. The smallest absolute Gasteiger partial charge is 0.303 e. The van der Waals surface area contributed by atoms with Crippen LogP contribution in [0.15, 0.2) is 12.1 Å². The number of aliphatic carboxylic acids is 1. The fourth-order valence-electron chi connectivity index (χ4n) is 2.63. The van der Waals surface area contributed by atoms with Crippen LogP contribution in [0.3, 0.4) is 0 Å². The molecule has 2 rings (SSSR count). The fourth-order valence-corrected chi connectivity index (χ4v) is 2.63. The minimum absolute atomic E-state index is 0.0626. The number of nitrogens with two attached hydrogens (primary N) is 1. The van der Waals surface area contributed by atoms with E-state index in [0.29, 0.717) is 19.6 Å². The van der Waals surface area contributed by atoms with Gasteiger partial charge in [-0.25, -0.2) is 0 Å². The van der Waals surface area contributed by atoms with Gasteiger partial charge in [0.2, 0.25) is 0 Å². The molecule has 1 aliphatic heterocycles. The molecule has 1 heterocycles. The zero-order chi connectivity index (χ0) is 15.4. The van der Waals surface area contributed by atoms with Crippen molar-refractivity contribution >= 4 is 5.97 Å². The van der Waals surface area contributed by atoms with Crippen molar-refractivity contribution in [1.29, 1.82) is 0 Å². The number of carboxylic acid groups (broad SMARTS) is 1. The van der Waals surface area contributed by atoms with E-state index < -0.39 is 5.97 Å². The lowest BCUT2D eigenvalue weighted by Crippen LogP contribution is -2.16. The summed E-state index contributed by atoms with van der Waals surface area (Å²) in [6, 6.07) is 3.51. The van der Waals surface area contributed by atoms with Crippen LogP contribution in [0.5, 0.6) is 11.5 Å². The van der Waals surface area contributed by atoms with Gasteiger partial charge >= 0.3 is 5.97 Å². The Morgan fingerprint density at radius 3 is 2.71 bits per heavy atom. The van der Waals surface area contributed by atoms with Crippen molar-refractivity contribution in [1.82, 2.24) is 0 Å². The molecule has 1 aromatic carbocycles. The molecule has 0 saturated carbocycles. The van der Waals surface area contributed by atoms with Gasteiger partial charge in [0.15, 0.2) is 11.5 Å². The first-order chi connectivity index (χ1) is 10.0. The second-order valence-corrected chi connectivity index (χ2v) is 5.64. The van der Waals surface area contributed by atoms with Gasteiger partial charge in [0.05, 0.1) is 13.2 Å². The molecule has 0 bridgehead atoms. The van der Waals surface area contributed by atoms with Crippen LogP contribution < -0.4 is 15.2 Å². The Labute approximate surface area is 125 Å². The van der Waals surface area contributed by atoms with Crippen LogP contribution in [0.1, 0.15) is 56.2 Å². The molecule has 0 aromatic heterocycles. The van der Waals surface area contributed by atoms with E-state index in [2.05, 4.69) is 13.8 Å². The largest absolute Gasteiger partial charge is 0.490 e. The molecule has 0 spiro atoms. The molecule has 0 aliphatic carbocycles. The molecular weight excluding hydrogens is 270 g/mol. The average molecular weight is 293 g/mol. The summed E-state index contributed by atoms with van der Waals surface area (Å²) in [5.41, 5.74) is 8.18. The lowest BCUT2D eigenvalue weighted by molar-refractivity contribution is -0.137. The van der Waals surface area contributed by atoms with Crippen molar-refractivity contribution in [2.45, 2.75) is 45.1 Å². The van der Waals surface area contributed by atoms with Crippen LogP contribution in [-0.2, 0) is 4.79 Å². The van der Waals surface area contributed by atoms with Gasteiger partial charge in [-0.2, -0.15) is 0 Å². The van der Waals surface area contributed by atoms with Gasteiger partial charge in [-0.1, -0.05) is 19.9 Å². The standard InChI is InChI=1S/C16H23NO4/c1-10(2)15-11(12(17)5-7-14(18)19)4-6-13-16(15)21-9-3-8-20-13/h4,6,10,12H,3,5,7-9,17H2,1-2H3,(H,18,19). The summed E-state index contributed by atoms with van der Waals surface area (Å²) in [6.07, 6.45) is 1.33. The van der Waals surface area contributed by atoms with E-state index in [0.717, 1.165) is 29.0 Å². The third kappa shape index (κ3) is 3.67. The molecular formula is C16H23NO4. The van der Waals surface area contributed by atoms with Crippen LogP contribution in [0, 0.1) is 0 Å². The van der Waals surface area contributed by atoms with Gasteiger partial charge in [-0.05, 0) is 24.0 Å². The van der Waals surface area contributed by atoms with Crippen LogP contribution in [0.2, 0.25) is 0 Å². The van der Waals surface area contributed by atoms with E-state index in [1.807, 2.05) is 12.1 Å². The lowest BCUT2D eigenvalue weighted by Gasteiger charge is -2.22. The number of ether oxygens (including phenoxy) is 2. The van der Waals surface area contributed by atoms with E-state index in [-0.39, 0.29) is 18.4 Å². The van der Waals surface area contributed by atoms with Gasteiger partial charge in [-0.15, -0.1) is 0 Å². The summed E-state index contributed by atoms with van der Waals surface area (Å²) < 4.78 is 11.6. The summed E-state index contributed by atoms with van der Waals surface area (Å²) >= 11 is 0. The highest BCUT2D eigenvalue weighted by atomic mass is 16.5. The Bertz CT molecular complexity index is 513. The van der Waals surface area contributed by atoms with Crippen molar-refractivity contribution in [2.24, 2.45) is 5.73 Å². The van der Waals surface area contributed by atoms with Gasteiger partial charge in [-0.3, -0.25) is 4.79 Å². The van der Waals surface area contributed by atoms with E-state index in [4.69, 9.17) is 20.3 Å². The zero-order valence-electron chi connectivity index (χ0n) is 12.6. The van der Waals surface area contributed by atoms with Gasteiger partial charge in [0, 0.05) is 24.4 Å². The maximum atomic E-state index is 10.7. The number of benzene rings is 1. The Balaban J connectivity index is 2.36. The fraction of sp³-hybridized carbons (Fsp3) is 0.562. The molecule has 21 heavy (non-hydrogen) atoms. The summed E-state index contributed by atoms with van der Waals surface area (Å²) in [5, 5.41) is 8.82. The summed E-state index contributed by atoms with van der Waals surface area (Å²) in [6.45, 7) is 5.43. The number of carboxylic acids is 1. The lowest BCUT2D eigenvalue weighted by atomic mass is 9.90. The Morgan fingerprint density at radius 2 is 2.05 bits per heavy atom. The molecule has 116 valence electrons. The molecule has 3 N–H and O–H groups in total. The quantitative estimate of drug-likeness (QED) is 0.872. The van der Waals surface area contributed by atoms with Crippen molar-refractivity contribution in [3.63, 3.8) is 0 Å². The van der Waals surface area contributed by atoms with Crippen LogP contribution >= 0.6 is 0 Å². The molecule has 1 atom stereocenters. The normalized spacial score (nSPS) is 15.6. The summed E-state index contributed by atoms with van der Waals surface area (Å²) in [7, 11) is 0. The zero-order valence-corrected chi connectivity index (χ0v) is 12.6. The second-order valence-electron chi connectivity index (χ2n) is 5.64. The molecule has 1 aromatic rings. The number of hydrogen-bond acceptors (Lipinski definition) is 4. The molecule has 1 unspecified atom stereocenters. The number of carbonyl (C=O) groups is 1. The first kappa shape index (κ1) is 15.6. The predicted octanol–water partition coefficient (Wildman–Crippen LogP) is 2.84. The first-order valence-corrected chi connectivity index (χ1v) is 7.40. The maximum absolute atomic E-state index is 10.7. The van der Waals surface area contributed by atoms with E-state index in [9.17, 15) is 4.79 Å². The Hall–Kier alpha value is -1.75. The predicted molar refractivity (Wildman–Crippen MR) is 79.9 cm³/mol. The van der Waals surface area contributed by atoms with Crippen molar-refractivity contribution in [3.8, 4) is 11.5 Å². The minimum Gasteiger partial charge on any atom is -0.490 e. The third-order valence-electron chi connectivity index (χ3n) is 3.63. The van der Waals surface area contributed by atoms with E-state index >= 15 is 0 Å². The maximum Gasteiger partial charge on any atom is 0.303 e. The van der Waals surface area contributed by atoms with Crippen molar-refractivity contribution in [3.05, 3.63) is 23.3 Å². The molecule has 5 nitrogen and oxygen atoms in total. The van der Waals surface area contributed by atoms with Crippen molar-refractivity contribution in [2.75, 3.05) is 13.2 Å². The molecule has 0 amide bonds. The highest BCUT2D eigenvalue weighted by Crippen LogP contribution is 2.41. The molecule has 0 radical (unpaired) electrons. The highest BCUT2D eigenvalue weighted by Gasteiger charge is 2.23. The Kier molecular flexibility index (Phi) is 5.07. The Morgan fingerprint density at radius 1 is 1.33 bits per heavy atom. The third-order valence-corrected chi connectivity index (χ3v) is 3.63. The van der Waals surface area contributed by atoms with Crippen molar-refractivity contribution < 1.29 is 19.4 Å². The summed E-state index contributed by atoms with van der Waals surface area (Å²) in [4.78, 5) is 10.7. The molecule has 0 saturated heterocycles. The van der Waals surface area contributed by atoms with Crippen LogP contribution in [0.4, 0.5) is 0 Å². The SMILES string of the molecule is CC(C)c1c(C(N)CCC(=O)O)ccc2c1OCCCO2.